The SMILES string of the molecule is CCOC(=O)CSc1nc2sc3c(c2c(=O)n1-c1ccc(C)cc1)CCN(Cc1ccccc1)C3. The fraction of sp³-hybridized carbons (Fsp3) is 0.296. The number of carbonyl (C=O) groups excluding carboxylic acids is 1. The monoisotopic (exact) mass is 505 g/mol. The summed E-state index contributed by atoms with van der Waals surface area (Å²) in [7, 11) is 0. The van der Waals surface area contributed by atoms with Crippen LogP contribution in [0.15, 0.2) is 64.5 Å². The molecule has 2 aromatic heterocycles. The van der Waals surface area contributed by atoms with E-state index in [1.165, 1.54) is 22.2 Å². The first kappa shape index (κ1) is 23.8. The maximum absolute atomic E-state index is 13.9. The molecule has 3 heterocycles. The first-order valence-corrected chi connectivity index (χ1v) is 13.5. The van der Waals surface area contributed by atoms with Gasteiger partial charge in [0.15, 0.2) is 5.16 Å². The van der Waals surface area contributed by atoms with Gasteiger partial charge in [-0.05, 0) is 43.5 Å². The average molecular weight is 506 g/mol. The second-order valence-electron chi connectivity index (χ2n) is 8.59. The Morgan fingerprint density at radius 3 is 2.66 bits per heavy atom. The molecule has 4 aromatic rings. The summed E-state index contributed by atoms with van der Waals surface area (Å²) in [6, 6.07) is 18.3. The number of benzene rings is 2. The molecular weight excluding hydrogens is 478 g/mol. The van der Waals surface area contributed by atoms with Gasteiger partial charge in [0.1, 0.15) is 4.83 Å². The molecule has 0 fully saturated rings. The second-order valence-corrected chi connectivity index (χ2v) is 10.6. The predicted molar refractivity (Wildman–Crippen MR) is 142 cm³/mol. The Hall–Kier alpha value is -2.94. The number of thiophene rings is 1. The van der Waals surface area contributed by atoms with Crippen molar-refractivity contribution in [2.45, 2.75) is 38.5 Å². The Bertz CT molecular complexity index is 1410. The van der Waals surface area contributed by atoms with E-state index in [0.717, 1.165) is 47.7 Å². The Kier molecular flexibility index (Phi) is 7.04. The zero-order chi connectivity index (χ0) is 24.4. The maximum Gasteiger partial charge on any atom is 0.316 e. The Balaban J connectivity index is 1.54. The fourth-order valence-corrected chi connectivity index (χ4v) is 6.51. The molecule has 0 bridgehead atoms. The minimum absolute atomic E-state index is 0.0702. The van der Waals surface area contributed by atoms with Crippen molar-refractivity contribution in [3.63, 3.8) is 0 Å². The average Bonchev–Trinajstić information content (AvgIpc) is 3.22. The highest BCUT2D eigenvalue weighted by atomic mass is 32.2. The molecule has 0 spiro atoms. The number of carbonyl (C=O) groups is 1. The van der Waals surface area contributed by atoms with Gasteiger partial charge in [0.2, 0.25) is 0 Å². The molecule has 8 heteroatoms. The minimum atomic E-state index is -0.315. The van der Waals surface area contributed by atoms with Crippen LogP contribution in [0.4, 0.5) is 0 Å². The number of nitrogens with zero attached hydrogens (tertiary/aromatic N) is 3. The van der Waals surface area contributed by atoms with Crippen molar-refractivity contribution in [3.05, 3.63) is 86.5 Å². The molecule has 1 aliphatic heterocycles. The molecule has 0 radical (unpaired) electrons. The number of thioether (sulfide) groups is 1. The zero-order valence-electron chi connectivity index (χ0n) is 19.8. The number of ether oxygens (including phenoxy) is 1. The molecule has 2 aromatic carbocycles. The molecule has 0 amide bonds. The summed E-state index contributed by atoms with van der Waals surface area (Å²) < 4.78 is 6.74. The molecule has 0 saturated heterocycles. The minimum Gasteiger partial charge on any atom is -0.465 e. The lowest BCUT2D eigenvalue weighted by Gasteiger charge is -2.26. The van der Waals surface area contributed by atoms with Gasteiger partial charge in [-0.3, -0.25) is 19.1 Å². The second kappa shape index (κ2) is 10.4. The Labute approximate surface area is 212 Å². The van der Waals surface area contributed by atoms with E-state index in [9.17, 15) is 9.59 Å². The Morgan fingerprint density at radius 2 is 1.91 bits per heavy atom. The van der Waals surface area contributed by atoms with Gasteiger partial charge < -0.3 is 4.74 Å². The Morgan fingerprint density at radius 1 is 1.14 bits per heavy atom. The van der Waals surface area contributed by atoms with Crippen LogP contribution in [0.3, 0.4) is 0 Å². The van der Waals surface area contributed by atoms with Crippen LogP contribution in [-0.2, 0) is 29.0 Å². The molecule has 0 atom stereocenters. The molecule has 35 heavy (non-hydrogen) atoms. The van der Waals surface area contributed by atoms with Gasteiger partial charge in [-0.15, -0.1) is 11.3 Å². The summed E-state index contributed by atoms with van der Waals surface area (Å²) in [6.07, 6.45) is 0.822. The van der Waals surface area contributed by atoms with Gasteiger partial charge in [-0.1, -0.05) is 59.8 Å². The lowest BCUT2D eigenvalue weighted by molar-refractivity contribution is -0.139. The van der Waals surface area contributed by atoms with Gasteiger partial charge in [0.05, 0.1) is 23.4 Å². The molecule has 0 saturated carbocycles. The number of rotatable bonds is 7. The highest BCUT2D eigenvalue weighted by Gasteiger charge is 2.26. The smallest absolute Gasteiger partial charge is 0.316 e. The highest BCUT2D eigenvalue weighted by Crippen LogP contribution is 2.34. The normalized spacial score (nSPS) is 13.7. The quantitative estimate of drug-likeness (QED) is 0.201. The van der Waals surface area contributed by atoms with Crippen molar-refractivity contribution in [2.24, 2.45) is 0 Å². The van der Waals surface area contributed by atoms with Crippen molar-refractivity contribution in [3.8, 4) is 5.69 Å². The third kappa shape index (κ3) is 5.05. The molecule has 1 aliphatic rings. The molecule has 6 nitrogen and oxygen atoms in total. The van der Waals surface area contributed by atoms with E-state index in [2.05, 4.69) is 29.2 Å². The number of aryl methyl sites for hydroxylation is 1. The number of esters is 1. The van der Waals surface area contributed by atoms with E-state index in [1.54, 1.807) is 22.8 Å². The molecule has 0 unspecified atom stereocenters. The zero-order valence-corrected chi connectivity index (χ0v) is 21.5. The first-order valence-electron chi connectivity index (χ1n) is 11.7. The maximum atomic E-state index is 13.9. The van der Waals surface area contributed by atoms with E-state index in [1.807, 2.05) is 37.3 Å². The van der Waals surface area contributed by atoms with Crippen LogP contribution in [0.5, 0.6) is 0 Å². The lowest BCUT2D eigenvalue weighted by Crippen LogP contribution is -2.30. The number of fused-ring (bicyclic) bond motifs is 3. The van der Waals surface area contributed by atoms with E-state index >= 15 is 0 Å². The third-order valence-electron chi connectivity index (χ3n) is 6.09. The summed E-state index contributed by atoms with van der Waals surface area (Å²) in [5.74, 6) is -0.211. The molecule has 5 rings (SSSR count). The van der Waals surface area contributed by atoms with Crippen LogP contribution in [0.2, 0.25) is 0 Å². The van der Waals surface area contributed by atoms with Gasteiger partial charge >= 0.3 is 5.97 Å². The van der Waals surface area contributed by atoms with Gasteiger partial charge in [-0.25, -0.2) is 4.98 Å². The highest BCUT2D eigenvalue weighted by molar-refractivity contribution is 7.99. The predicted octanol–water partition coefficient (Wildman–Crippen LogP) is 4.97. The summed E-state index contributed by atoms with van der Waals surface area (Å²) in [5, 5.41) is 1.23. The van der Waals surface area contributed by atoms with Crippen LogP contribution >= 0.6 is 23.1 Å². The van der Waals surface area contributed by atoms with Crippen LogP contribution in [0.1, 0.15) is 28.5 Å². The van der Waals surface area contributed by atoms with Crippen molar-refractivity contribution in [2.75, 3.05) is 18.9 Å². The van der Waals surface area contributed by atoms with E-state index < -0.39 is 0 Å². The van der Waals surface area contributed by atoms with Gasteiger partial charge in [0, 0.05) is 24.5 Å². The topological polar surface area (TPSA) is 64.4 Å². The van der Waals surface area contributed by atoms with E-state index in [0.29, 0.717) is 17.1 Å². The summed E-state index contributed by atoms with van der Waals surface area (Å²) >= 11 is 2.84. The van der Waals surface area contributed by atoms with Crippen molar-refractivity contribution in [1.29, 1.82) is 0 Å². The van der Waals surface area contributed by atoms with E-state index in [-0.39, 0.29) is 17.3 Å². The largest absolute Gasteiger partial charge is 0.465 e. The van der Waals surface area contributed by atoms with Crippen molar-refractivity contribution >= 4 is 39.3 Å². The van der Waals surface area contributed by atoms with Crippen LogP contribution in [0, 0.1) is 6.92 Å². The molecule has 0 N–H and O–H groups in total. The van der Waals surface area contributed by atoms with Crippen LogP contribution < -0.4 is 5.56 Å². The first-order chi connectivity index (χ1) is 17.0. The van der Waals surface area contributed by atoms with Crippen molar-refractivity contribution in [1.82, 2.24) is 14.5 Å². The standard InChI is InChI=1S/C27H27N3O3S2/c1-3-33-23(31)17-34-27-28-25-24(26(32)30(27)20-11-9-18(2)10-12-20)21-13-14-29(16-22(21)35-25)15-19-7-5-4-6-8-19/h4-12H,3,13-17H2,1-2H3. The number of hydrogen-bond donors (Lipinski definition) is 0. The number of aromatic nitrogens is 2. The number of hydrogen-bond acceptors (Lipinski definition) is 7. The van der Waals surface area contributed by atoms with E-state index in [4.69, 9.17) is 9.72 Å². The molecule has 0 aliphatic carbocycles. The molecule has 180 valence electrons. The summed E-state index contributed by atoms with van der Waals surface area (Å²) in [4.78, 5) is 35.2. The van der Waals surface area contributed by atoms with Gasteiger partial charge in [-0.2, -0.15) is 0 Å². The lowest BCUT2D eigenvalue weighted by atomic mass is 10.0. The van der Waals surface area contributed by atoms with Gasteiger partial charge in [0.25, 0.3) is 5.56 Å². The summed E-state index contributed by atoms with van der Waals surface area (Å²) in [5.41, 5.74) is 4.20. The summed E-state index contributed by atoms with van der Waals surface area (Å²) in [6.45, 7) is 6.72. The van der Waals surface area contributed by atoms with Crippen molar-refractivity contribution < 1.29 is 9.53 Å². The molecular formula is C27H27N3O3S2. The van der Waals surface area contributed by atoms with Crippen LogP contribution in [0.25, 0.3) is 15.9 Å². The van der Waals surface area contributed by atoms with Crippen LogP contribution in [-0.4, -0.2) is 39.3 Å². The fourth-order valence-electron chi connectivity index (χ4n) is 4.40. The third-order valence-corrected chi connectivity index (χ3v) is 8.11.